The Morgan fingerprint density at radius 2 is 2.24 bits per heavy atom. The Morgan fingerprint density at radius 1 is 1.38 bits per heavy atom. The summed E-state index contributed by atoms with van der Waals surface area (Å²) in [5, 5.41) is 6.80. The Kier molecular flexibility index (Phi) is 2.91. The van der Waals surface area contributed by atoms with Crippen LogP contribution in [0, 0.1) is 6.92 Å². The highest BCUT2D eigenvalue weighted by atomic mass is 32.1. The van der Waals surface area contributed by atoms with Crippen LogP contribution in [-0.2, 0) is 4.79 Å². The predicted octanol–water partition coefficient (Wildman–Crippen LogP) is 1.04. The van der Waals surface area contributed by atoms with Crippen LogP contribution in [-0.4, -0.2) is 51.6 Å². The summed E-state index contributed by atoms with van der Waals surface area (Å²) < 4.78 is 5.20. The van der Waals surface area contributed by atoms with E-state index in [0.717, 1.165) is 18.2 Å². The van der Waals surface area contributed by atoms with Crippen LogP contribution in [0.5, 0.6) is 0 Å². The number of anilines is 1. The number of carbonyl (C=O) groups excluding carboxylic acids is 1. The van der Waals surface area contributed by atoms with Crippen molar-refractivity contribution in [3.05, 3.63) is 23.3 Å². The molecule has 0 radical (unpaired) electrons. The predicted molar refractivity (Wildman–Crippen MR) is 76.2 cm³/mol. The maximum absolute atomic E-state index is 12.2. The molecule has 110 valence electrons. The van der Waals surface area contributed by atoms with Gasteiger partial charge >= 0.3 is 0 Å². The molecule has 1 unspecified atom stereocenters. The van der Waals surface area contributed by atoms with E-state index in [-0.39, 0.29) is 17.9 Å². The van der Waals surface area contributed by atoms with Crippen LogP contribution in [0.3, 0.4) is 0 Å². The topological polar surface area (TPSA) is 75.4 Å². The summed E-state index contributed by atoms with van der Waals surface area (Å²) in [7, 11) is 0. The monoisotopic (exact) mass is 305 g/mol. The Balaban J connectivity index is 1.40. The molecule has 0 bridgehead atoms. The zero-order chi connectivity index (χ0) is 14.4. The Bertz CT molecular complexity index is 649. The van der Waals surface area contributed by atoms with Gasteiger partial charge < -0.3 is 14.3 Å². The first-order valence-corrected chi connectivity index (χ1v) is 7.83. The molecule has 2 saturated heterocycles. The Morgan fingerprint density at radius 3 is 2.90 bits per heavy atom. The standard InChI is InChI=1S/C13H15N5O2S/c1-8-15-12(20-16-8)9-4-11(19)18(5-9)10-6-17(7-10)13-14-2-3-21-13/h2-3,9-10H,4-7H2,1H3. The van der Waals surface area contributed by atoms with E-state index >= 15 is 0 Å². The molecule has 2 fully saturated rings. The lowest BCUT2D eigenvalue weighted by atomic mass is 10.1. The maximum atomic E-state index is 12.2. The summed E-state index contributed by atoms with van der Waals surface area (Å²) in [6.07, 6.45) is 2.28. The number of rotatable bonds is 3. The fourth-order valence-corrected chi connectivity index (χ4v) is 3.57. The lowest BCUT2D eigenvalue weighted by molar-refractivity contribution is -0.130. The molecule has 0 spiro atoms. The van der Waals surface area contributed by atoms with E-state index in [9.17, 15) is 4.79 Å². The van der Waals surface area contributed by atoms with Gasteiger partial charge in [-0.25, -0.2) is 4.98 Å². The number of hydrogen-bond acceptors (Lipinski definition) is 7. The van der Waals surface area contributed by atoms with Gasteiger partial charge in [-0.1, -0.05) is 5.16 Å². The number of likely N-dealkylation sites (tertiary alicyclic amines) is 1. The van der Waals surface area contributed by atoms with Crippen LogP contribution in [0.2, 0.25) is 0 Å². The van der Waals surface area contributed by atoms with Gasteiger partial charge in [0.15, 0.2) is 11.0 Å². The van der Waals surface area contributed by atoms with E-state index in [2.05, 4.69) is 20.0 Å². The second kappa shape index (κ2) is 4.80. The van der Waals surface area contributed by atoms with Crippen molar-refractivity contribution >= 4 is 22.4 Å². The second-order valence-electron chi connectivity index (χ2n) is 5.50. The third kappa shape index (κ3) is 2.19. The highest BCUT2D eigenvalue weighted by Gasteiger charge is 2.42. The molecular weight excluding hydrogens is 290 g/mol. The van der Waals surface area contributed by atoms with Crippen LogP contribution >= 0.6 is 11.3 Å². The number of hydrogen-bond donors (Lipinski definition) is 0. The normalized spacial score (nSPS) is 22.9. The van der Waals surface area contributed by atoms with E-state index in [1.165, 1.54) is 0 Å². The molecule has 2 aliphatic heterocycles. The minimum Gasteiger partial charge on any atom is -0.344 e. The van der Waals surface area contributed by atoms with Gasteiger partial charge in [-0.2, -0.15) is 4.98 Å². The summed E-state index contributed by atoms with van der Waals surface area (Å²) in [6.45, 7) is 4.18. The van der Waals surface area contributed by atoms with Crippen molar-refractivity contribution in [2.24, 2.45) is 0 Å². The van der Waals surface area contributed by atoms with Crippen molar-refractivity contribution in [3.63, 3.8) is 0 Å². The van der Waals surface area contributed by atoms with Crippen molar-refractivity contribution in [3.8, 4) is 0 Å². The summed E-state index contributed by atoms with van der Waals surface area (Å²) in [6, 6.07) is 0.274. The molecule has 0 aromatic carbocycles. The zero-order valence-electron chi connectivity index (χ0n) is 11.6. The number of aromatic nitrogens is 3. The smallest absolute Gasteiger partial charge is 0.232 e. The fraction of sp³-hybridized carbons (Fsp3) is 0.538. The van der Waals surface area contributed by atoms with Crippen molar-refractivity contribution in [1.82, 2.24) is 20.0 Å². The second-order valence-corrected chi connectivity index (χ2v) is 6.37. The molecule has 4 rings (SSSR count). The first-order valence-electron chi connectivity index (χ1n) is 6.95. The minimum absolute atomic E-state index is 0.0348. The number of nitrogens with zero attached hydrogens (tertiary/aromatic N) is 5. The SMILES string of the molecule is Cc1noc(C2CC(=O)N(C3CN(c4nccs4)C3)C2)n1. The summed E-state index contributed by atoms with van der Waals surface area (Å²) >= 11 is 1.63. The highest BCUT2D eigenvalue weighted by molar-refractivity contribution is 7.13. The van der Waals surface area contributed by atoms with E-state index in [0.29, 0.717) is 24.7 Å². The van der Waals surface area contributed by atoms with E-state index in [1.54, 1.807) is 18.3 Å². The molecule has 1 amide bonds. The van der Waals surface area contributed by atoms with Gasteiger partial charge in [-0.3, -0.25) is 4.79 Å². The molecule has 21 heavy (non-hydrogen) atoms. The number of aryl methyl sites for hydroxylation is 1. The first-order chi connectivity index (χ1) is 10.2. The third-order valence-electron chi connectivity index (χ3n) is 4.04. The Hall–Kier alpha value is -1.96. The molecule has 7 nitrogen and oxygen atoms in total. The van der Waals surface area contributed by atoms with Crippen LogP contribution in [0.4, 0.5) is 5.13 Å². The van der Waals surface area contributed by atoms with Gasteiger partial charge in [0, 0.05) is 37.6 Å². The molecule has 2 aliphatic rings. The molecule has 4 heterocycles. The maximum Gasteiger partial charge on any atom is 0.232 e. The number of thiazole rings is 1. The van der Waals surface area contributed by atoms with Crippen molar-refractivity contribution in [2.75, 3.05) is 24.5 Å². The average molecular weight is 305 g/mol. The van der Waals surface area contributed by atoms with Gasteiger partial charge in [0.1, 0.15) is 0 Å². The van der Waals surface area contributed by atoms with Gasteiger partial charge in [0.25, 0.3) is 0 Å². The fourth-order valence-electron chi connectivity index (χ4n) is 2.91. The van der Waals surface area contributed by atoms with E-state index in [4.69, 9.17) is 4.52 Å². The zero-order valence-corrected chi connectivity index (χ0v) is 12.4. The first kappa shape index (κ1) is 12.8. The van der Waals surface area contributed by atoms with Crippen LogP contribution in [0.25, 0.3) is 0 Å². The Labute approximate surface area is 125 Å². The van der Waals surface area contributed by atoms with Crippen molar-refractivity contribution in [2.45, 2.75) is 25.3 Å². The molecule has 1 atom stereocenters. The summed E-state index contributed by atoms with van der Waals surface area (Å²) in [5.74, 6) is 1.42. The van der Waals surface area contributed by atoms with Crippen molar-refractivity contribution < 1.29 is 9.32 Å². The van der Waals surface area contributed by atoms with E-state index < -0.39 is 0 Å². The van der Waals surface area contributed by atoms with Crippen LogP contribution in [0.15, 0.2) is 16.1 Å². The molecule has 8 heteroatoms. The van der Waals surface area contributed by atoms with Crippen molar-refractivity contribution in [1.29, 1.82) is 0 Å². The van der Waals surface area contributed by atoms with Gasteiger partial charge in [0.05, 0.1) is 12.0 Å². The molecule has 2 aromatic rings. The number of carbonyl (C=O) groups is 1. The van der Waals surface area contributed by atoms with Gasteiger partial charge in [0.2, 0.25) is 11.8 Å². The lowest BCUT2D eigenvalue weighted by Crippen LogP contribution is -2.60. The van der Waals surface area contributed by atoms with Gasteiger partial charge in [-0.05, 0) is 6.92 Å². The van der Waals surface area contributed by atoms with Crippen LogP contribution in [0.1, 0.15) is 24.1 Å². The van der Waals surface area contributed by atoms with Crippen LogP contribution < -0.4 is 4.90 Å². The third-order valence-corrected chi connectivity index (χ3v) is 4.88. The largest absolute Gasteiger partial charge is 0.344 e. The molecule has 0 N–H and O–H groups in total. The summed E-state index contributed by atoms with van der Waals surface area (Å²) in [4.78, 5) is 24.9. The lowest BCUT2D eigenvalue weighted by Gasteiger charge is -2.43. The van der Waals surface area contributed by atoms with E-state index in [1.807, 2.05) is 16.5 Å². The number of amides is 1. The average Bonchev–Trinajstić information content (AvgIpc) is 3.10. The molecule has 0 saturated carbocycles. The highest BCUT2D eigenvalue weighted by Crippen LogP contribution is 2.32. The quantitative estimate of drug-likeness (QED) is 0.843. The minimum atomic E-state index is 0.0348. The molecule has 0 aliphatic carbocycles. The molecule has 2 aromatic heterocycles. The molecular formula is C13H15N5O2S. The van der Waals surface area contributed by atoms with Gasteiger partial charge in [-0.15, -0.1) is 11.3 Å². The summed E-state index contributed by atoms with van der Waals surface area (Å²) in [5.41, 5.74) is 0.